The molecule has 0 bridgehead atoms. The summed E-state index contributed by atoms with van der Waals surface area (Å²) in [5.41, 5.74) is 1.51. The molecule has 0 saturated heterocycles. The van der Waals surface area contributed by atoms with Crippen LogP contribution in [-0.4, -0.2) is 37.9 Å². The van der Waals surface area contributed by atoms with Gasteiger partial charge in [-0.25, -0.2) is 0 Å². The van der Waals surface area contributed by atoms with E-state index in [-0.39, 0.29) is 16.7 Å². The number of hydrogen-bond donors (Lipinski definition) is 3. The number of aliphatic hydroxyl groups is 1. The van der Waals surface area contributed by atoms with Crippen molar-refractivity contribution in [2.24, 2.45) is 5.16 Å². The first-order valence-electron chi connectivity index (χ1n) is 10.5. The molecule has 4 aromatic rings. The van der Waals surface area contributed by atoms with Crippen molar-refractivity contribution in [3.63, 3.8) is 0 Å². The second kappa shape index (κ2) is 10.2. The molecule has 0 amide bonds. The van der Waals surface area contributed by atoms with Gasteiger partial charge in [-0.15, -0.1) is 0 Å². The van der Waals surface area contributed by atoms with Crippen LogP contribution in [-0.2, 0) is 0 Å². The molecule has 0 aliphatic rings. The maximum Gasteiger partial charge on any atom is 0.212 e. The SMILES string of the molecule is COc1ccc(-c2c/c(=N\O)c3c(OC)cc(OC)c(Oc4ccc(C(O)C=N)cc4)c3o2)cc1. The van der Waals surface area contributed by atoms with Crippen LogP contribution in [0.25, 0.3) is 22.3 Å². The molecule has 0 radical (unpaired) electrons. The number of nitrogens with one attached hydrogen (secondary N) is 1. The molecule has 1 heterocycles. The summed E-state index contributed by atoms with van der Waals surface area (Å²) in [7, 11) is 4.56. The van der Waals surface area contributed by atoms with Crippen LogP contribution in [0.3, 0.4) is 0 Å². The van der Waals surface area contributed by atoms with Gasteiger partial charge < -0.3 is 39.1 Å². The van der Waals surface area contributed by atoms with Gasteiger partial charge in [-0.05, 0) is 42.0 Å². The van der Waals surface area contributed by atoms with Gasteiger partial charge in [0.25, 0.3) is 0 Å². The number of fused-ring (bicyclic) bond motifs is 1. The smallest absolute Gasteiger partial charge is 0.212 e. The molecule has 0 aliphatic carbocycles. The number of rotatable bonds is 8. The number of nitrogens with zero attached hydrogens (tertiary/aromatic N) is 1. The van der Waals surface area contributed by atoms with Gasteiger partial charge in [0.05, 0.1) is 26.7 Å². The average molecular weight is 476 g/mol. The van der Waals surface area contributed by atoms with Gasteiger partial charge >= 0.3 is 0 Å². The Kier molecular flexibility index (Phi) is 6.88. The van der Waals surface area contributed by atoms with Crippen LogP contribution in [0.15, 0.2) is 70.2 Å². The Bertz CT molecular complexity index is 1410. The van der Waals surface area contributed by atoms with Crippen molar-refractivity contribution in [1.29, 1.82) is 5.41 Å². The molecule has 9 nitrogen and oxygen atoms in total. The quantitative estimate of drug-likeness (QED) is 0.188. The van der Waals surface area contributed by atoms with Crippen LogP contribution in [0.4, 0.5) is 0 Å². The lowest BCUT2D eigenvalue weighted by Gasteiger charge is -2.16. The molecule has 1 aromatic heterocycles. The van der Waals surface area contributed by atoms with Crippen molar-refractivity contribution in [1.82, 2.24) is 0 Å². The minimum absolute atomic E-state index is 0.214. The predicted octanol–water partition coefficient (Wildman–Crippen LogP) is 4.89. The Labute approximate surface area is 200 Å². The number of methoxy groups -OCH3 is 3. The highest BCUT2D eigenvalue weighted by atomic mass is 16.5. The van der Waals surface area contributed by atoms with Crippen molar-refractivity contribution in [2.75, 3.05) is 21.3 Å². The summed E-state index contributed by atoms with van der Waals surface area (Å²) in [4.78, 5) is 0. The number of benzene rings is 3. The Morgan fingerprint density at radius 3 is 2.11 bits per heavy atom. The summed E-state index contributed by atoms with van der Waals surface area (Å²) in [5.74, 6) is 2.47. The lowest BCUT2D eigenvalue weighted by molar-refractivity contribution is 0.251. The van der Waals surface area contributed by atoms with E-state index >= 15 is 0 Å². The summed E-state index contributed by atoms with van der Waals surface area (Å²) >= 11 is 0. The third-order valence-electron chi connectivity index (χ3n) is 5.42. The fraction of sp³-hybridized carbons (Fsp3) is 0.154. The molecule has 0 fully saturated rings. The number of ether oxygens (including phenoxy) is 4. The Balaban J connectivity index is 1.93. The summed E-state index contributed by atoms with van der Waals surface area (Å²) in [5, 5.41) is 31.0. The molecule has 1 unspecified atom stereocenters. The third kappa shape index (κ3) is 4.62. The molecule has 0 aliphatic heterocycles. The molecule has 9 heteroatoms. The fourth-order valence-electron chi connectivity index (χ4n) is 3.60. The van der Waals surface area contributed by atoms with Crippen LogP contribution in [0.5, 0.6) is 28.7 Å². The maximum absolute atomic E-state index is 9.85. The highest BCUT2D eigenvalue weighted by Crippen LogP contribution is 2.43. The summed E-state index contributed by atoms with van der Waals surface area (Å²) in [6.45, 7) is 0. The molecule has 0 saturated carbocycles. The van der Waals surface area contributed by atoms with Gasteiger partial charge in [0, 0.05) is 23.9 Å². The molecule has 4 rings (SSSR count). The van der Waals surface area contributed by atoms with Crippen LogP contribution in [0.1, 0.15) is 11.7 Å². The van der Waals surface area contributed by atoms with Gasteiger partial charge in [0.2, 0.25) is 5.75 Å². The zero-order valence-corrected chi connectivity index (χ0v) is 19.3. The van der Waals surface area contributed by atoms with Gasteiger partial charge in [-0.2, -0.15) is 0 Å². The van der Waals surface area contributed by atoms with E-state index in [4.69, 9.17) is 28.8 Å². The monoisotopic (exact) mass is 476 g/mol. The van der Waals surface area contributed by atoms with Crippen LogP contribution >= 0.6 is 0 Å². The minimum atomic E-state index is -1.00. The predicted molar refractivity (Wildman–Crippen MR) is 129 cm³/mol. The van der Waals surface area contributed by atoms with Crippen molar-refractivity contribution in [3.05, 3.63) is 71.6 Å². The van der Waals surface area contributed by atoms with E-state index in [1.807, 2.05) is 12.1 Å². The van der Waals surface area contributed by atoms with Crippen molar-refractivity contribution < 1.29 is 33.7 Å². The summed E-state index contributed by atoms with van der Waals surface area (Å²) in [6.07, 6.45) is -0.0637. The van der Waals surface area contributed by atoms with E-state index in [1.54, 1.807) is 55.6 Å². The first-order valence-corrected chi connectivity index (χ1v) is 10.5. The molecule has 1 atom stereocenters. The second-order valence-electron chi connectivity index (χ2n) is 7.42. The zero-order valence-electron chi connectivity index (χ0n) is 19.3. The highest BCUT2D eigenvalue weighted by molar-refractivity contribution is 5.92. The Hall–Kier alpha value is -4.50. The van der Waals surface area contributed by atoms with Crippen LogP contribution in [0.2, 0.25) is 0 Å². The first-order chi connectivity index (χ1) is 17.0. The number of hydrogen-bond acceptors (Lipinski definition) is 9. The van der Waals surface area contributed by atoms with Crippen LogP contribution in [0, 0.1) is 5.41 Å². The van der Waals surface area contributed by atoms with Gasteiger partial charge in [0.1, 0.15) is 34.5 Å². The van der Waals surface area contributed by atoms with E-state index in [0.717, 1.165) is 11.8 Å². The van der Waals surface area contributed by atoms with E-state index < -0.39 is 6.10 Å². The zero-order chi connectivity index (χ0) is 24.9. The van der Waals surface area contributed by atoms with E-state index in [2.05, 4.69) is 5.16 Å². The van der Waals surface area contributed by atoms with E-state index in [1.165, 1.54) is 14.2 Å². The normalized spacial score (nSPS) is 12.3. The fourth-order valence-corrected chi connectivity index (χ4v) is 3.60. The summed E-state index contributed by atoms with van der Waals surface area (Å²) < 4.78 is 28.7. The molecular weight excluding hydrogens is 452 g/mol. The average Bonchev–Trinajstić information content (AvgIpc) is 2.92. The van der Waals surface area contributed by atoms with Crippen molar-refractivity contribution in [3.8, 4) is 40.1 Å². The van der Waals surface area contributed by atoms with Gasteiger partial charge in [-0.3, -0.25) is 0 Å². The first kappa shape index (κ1) is 23.7. The van der Waals surface area contributed by atoms with E-state index in [9.17, 15) is 10.3 Å². The Morgan fingerprint density at radius 1 is 0.886 bits per heavy atom. The molecule has 35 heavy (non-hydrogen) atoms. The second-order valence-corrected chi connectivity index (χ2v) is 7.42. The van der Waals surface area contributed by atoms with Crippen molar-refractivity contribution in [2.45, 2.75) is 6.10 Å². The maximum atomic E-state index is 9.85. The van der Waals surface area contributed by atoms with Gasteiger partial charge in [-0.1, -0.05) is 17.3 Å². The minimum Gasteiger partial charge on any atom is -0.497 e. The highest BCUT2D eigenvalue weighted by Gasteiger charge is 2.21. The number of aliphatic hydroxyl groups excluding tert-OH is 1. The standard InChI is InChI=1S/C26H24N2O7/c1-31-17-8-6-16(7-9-17)21-12-19(28-30)24-22(32-2)13-23(33-3)25(26(24)35-21)34-18-10-4-15(5-11-18)20(29)14-27/h4-14,20,27,29-30H,1-3H3/b27-14?,28-19+. The largest absolute Gasteiger partial charge is 0.497 e. The molecular formula is C26H24N2O7. The molecule has 3 N–H and O–H groups in total. The molecule has 0 spiro atoms. The molecule has 180 valence electrons. The third-order valence-corrected chi connectivity index (χ3v) is 5.42. The molecule has 3 aromatic carbocycles. The lowest BCUT2D eigenvalue weighted by atomic mass is 10.1. The van der Waals surface area contributed by atoms with Crippen molar-refractivity contribution >= 4 is 17.2 Å². The van der Waals surface area contributed by atoms with Gasteiger partial charge in [0.15, 0.2) is 11.3 Å². The lowest BCUT2D eigenvalue weighted by Crippen LogP contribution is -2.07. The van der Waals surface area contributed by atoms with Crippen LogP contribution < -0.4 is 24.3 Å². The Morgan fingerprint density at radius 2 is 1.54 bits per heavy atom. The van der Waals surface area contributed by atoms with E-state index in [0.29, 0.717) is 39.7 Å². The summed E-state index contributed by atoms with van der Waals surface area (Å²) in [6, 6.07) is 17.0. The topological polar surface area (TPSA) is 127 Å².